The number of aromatic hydroxyl groups is 1. The van der Waals surface area contributed by atoms with Crippen LogP contribution in [-0.4, -0.2) is 11.1 Å². The lowest BCUT2D eigenvalue weighted by molar-refractivity contribution is -0.134. The van der Waals surface area contributed by atoms with Crippen LogP contribution in [0.2, 0.25) is 0 Å². The quantitative estimate of drug-likeness (QED) is 0.123. The van der Waals surface area contributed by atoms with Gasteiger partial charge in [0.15, 0.2) is 0 Å². The van der Waals surface area contributed by atoms with Crippen molar-refractivity contribution >= 4 is 5.97 Å². The lowest BCUT2D eigenvalue weighted by Crippen LogP contribution is -2.17. The van der Waals surface area contributed by atoms with E-state index in [2.05, 4.69) is 27.7 Å². The zero-order valence-corrected chi connectivity index (χ0v) is 23.1. The van der Waals surface area contributed by atoms with Gasteiger partial charge in [-0.25, -0.2) is 0 Å². The van der Waals surface area contributed by atoms with Crippen molar-refractivity contribution < 1.29 is 14.6 Å². The lowest BCUT2D eigenvalue weighted by Gasteiger charge is -2.26. The highest BCUT2D eigenvalue weighted by Crippen LogP contribution is 2.39. The van der Waals surface area contributed by atoms with Gasteiger partial charge in [0.2, 0.25) is 0 Å². The fraction of sp³-hybridized carbons (Fsp3) is 0.774. The maximum atomic E-state index is 11.9. The van der Waals surface area contributed by atoms with Gasteiger partial charge in [0.25, 0.3) is 0 Å². The number of phenols is 1. The number of carbonyl (C=O) groups excluding carboxylic acids is 1. The Morgan fingerprint density at radius 3 is 1.59 bits per heavy atom. The van der Waals surface area contributed by atoms with Crippen LogP contribution in [0.15, 0.2) is 12.1 Å². The molecule has 1 rings (SSSR count). The molecule has 0 radical (unpaired) electrons. The minimum Gasteiger partial charge on any atom is -0.508 e. The molecule has 0 aliphatic carbocycles. The second-order valence-corrected chi connectivity index (χ2v) is 11.1. The molecule has 0 saturated carbocycles. The number of rotatable bonds is 19. The van der Waals surface area contributed by atoms with Gasteiger partial charge in [-0.2, -0.15) is 0 Å². The molecule has 0 fully saturated rings. The van der Waals surface area contributed by atoms with Crippen LogP contribution >= 0.6 is 0 Å². The molecule has 196 valence electrons. The average molecular weight is 475 g/mol. The van der Waals surface area contributed by atoms with Crippen LogP contribution in [0.4, 0.5) is 0 Å². The average Bonchev–Trinajstić information content (AvgIpc) is 2.79. The van der Waals surface area contributed by atoms with Crippen molar-refractivity contribution in [2.24, 2.45) is 0 Å². The molecule has 34 heavy (non-hydrogen) atoms. The van der Waals surface area contributed by atoms with E-state index >= 15 is 0 Å². The Bertz CT molecular complexity index is 672. The molecule has 3 heteroatoms. The van der Waals surface area contributed by atoms with E-state index in [0.29, 0.717) is 17.9 Å². The molecule has 1 aromatic carbocycles. The monoisotopic (exact) mass is 474 g/mol. The van der Waals surface area contributed by atoms with Gasteiger partial charge in [0, 0.05) is 17.5 Å². The first-order chi connectivity index (χ1) is 16.3. The van der Waals surface area contributed by atoms with Gasteiger partial charge in [0.1, 0.15) is 11.5 Å². The van der Waals surface area contributed by atoms with Crippen molar-refractivity contribution in [3.05, 3.63) is 23.3 Å². The zero-order chi connectivity index (χ0) is 25.2. The van der Waals surface area contributed by atoms with Gasteiger partial charge in [-0.1, -0.05) is 131 Å². The number of benzene rings is 1. The topological polar surface area (TPSA) is 46.5 Å². The summed E-state index contributed by atoms with van der Waals surface area (Å²) in [6.07, 6.45) is 22.8. The highest BCUT2D eigenvalue weighted by molar-refractivity contribution is 5.73. The summed E-state index contributed by atoms with van der Waals surface area (Å²) >= 11 is 0. The Morgan fingerprint density at radius 2 is 1.18 bits per heavy atom. The second-order valence-electron chi connectivity index (χ2n) is 11.1. The Hall–Kier alpha value is -1.51. The summed E-state index contributed by atoms with van der Waals surface area (Å²) in [5, 5.41) is 10.5. The van der Waals surface area contributed by atoms with E-state index in [1.54, 1.807) is 12.1 Å². The molecule has 1 N–H and O–H groups in total. The highest BCUT2D eigenvalue weighted by Gasteiger charge is 2.25. The first-order valence-electron chi connectivity index (χ1n) is 14.4. The number of hydrogen-bond acceptors (Lipinski definition) is 3. The van der Waals surface area contributed by atoms with Crippen LogP contribution in [0.3, 0.4) is 0 Å². The third kappa shape index (κ3) is 12.8. The van der Waals surface area contributed by atoms with Crippen LogP contribution < -0.4 is 4.74 Å². The molecule has 0 bridgehead atoms. The summed E-state index contributed by atoms with van der Waals surface area (Å²) in [6, 6.07) is 3.41. The summed E-state index contributed by atoms with van der Waals surface area (Å²) < 4.78 is 5.61. The summed E-state index contributed by atoms with van der Waals surface area (Å²) in [6.45, 7) is 10.4. The van der Waals surface area contributed by atoms with E-state index in [1.165, 1.54) is 96.3 Å². The SMILES string of the molecule is CCCCCCCCCCCCCCCCCCc1c(OC(=O)CC)ccc(O)c1C(C)(C)C. The Morgan fingerprint density at radius 1 is 0.735 bits per heavy atom. The van der Waals surface area contributed by atoms with Crippen molar-refractivity contribution in [1.82, 2.24) is 0 Å². The molecule has 0 aromatic heterocycles. The predicted octanol–water partition coefficient (Wildman–Crippen LogP) is 9.81. The molecular weight excluding hydrogens is 420 g/mol. The lowest BCUT2D eigenvalue weighted by atomic mass is 9.81. The summed E-state index contributed by atoms with van der Waals surface area (Å²) in [5.74, 6) is 0.699. The maximum Gasteiger partial charge on any atom is 0.310 e. The van der Waals surface area contributed by atoms with Gasteiger partial charge < -0.3 is 9.84 Å². The second kappa shape index (κ2) is 17.9. The first kappa shape index (κ1) is 30.5. The molecule has 0 aliphatic rings. The molecule has 0 spiro atoms. The molecular formula is C31H54O3. The molecule has 1 aromatic rings. The van der Waals surface area contributed by atoms with Crippen LogP contribution in [0, 0.1) is 0 Å². The maximum absolute atomic E-state index is 11.9. The minimum absolute atomic E-state index is 0.205. The van der Waals surface area contributed by atoms with Crippen molar-refractivity contribution in [1.29, 1.82) is 0 Å². The molecule has 3 nitrogen and oxygen atoms in total. The third-order valence-corrected chi connectivity index (χ3v) is 6.79. The molecule has 0 amide bonds. The third-order valence-electron chi connectivity index (χ3n) is 6.79. The van der Waals surface area contributed by atoms with Gasteiger partial charge in [-0.3, -0.25) is 4.79 Å². The van der Waals surface area contributed by atoms with Crippen molar-refractivity contribution in [3.8, 4) is 11.5 Å². The standard InChI is InChI=1S/C31H54O3/c1-6-8-9-10-11-12-13-14-15-16-17-18-19-20-21-22-23-26-28(34-29(33)7-2)25-24-27(32)30(26)31(3,4)5/h24-25,32H,6-23H2,1-5H3. The largest absolute Gasteiger partial charge is 0.508 e. The van der Waals surface area contributed by atoms with Crippen LogP contribution in [0.1, 0.15) is 155 Å². The van der Waals surface area contributed by atoms with Gasteiger partial charge in [0.05, 0.1) is 0 Å². The van der Waals surface area contributed by atoms with E-state index in [9.17, 15) is 9.90 Å². The van der Waals surface area contributed by atoms with Crippen molar-refractivity contribution in [2.45, 2.75) is 156 Å². The van der Waals surface area contributed by atoms with Crippen LogP contribution in [-0.2, 0) is 16.6 Å². The first-order valence-corrected chi connectivity index (χ1v) is 14.4. The van der Waals surface area contributed by atoms with E-state index in [1.807, 2.05) is 6.92 Å². The normalized spacial score (nSPS) is 11.7. The fourth-order valence-electron chi connectivity index (χ4n) is 4.84. The molecule has 0 atom stereocenters. The number of phenolic OH excluding ortho intramolecular Hbond substituents is 1. The Balaban J connectivity index is 2.26. The Kier molecular flexibility index (Phi) is 16.0. The van der Waals surface area contributed by atoms with Gasteiger partial charge in [-0.05, 0) is 30.4 Å². The number of esters is 1. The molecule has 0 aliphatic heterocycles. The highest BCUT2D eigenvalue weighted by atomic mass is 16.5. The molecule has 0 unspecified atom stereocenters. The smallest absolute Gasteiger partial charge is 0.310 e. The predicted molar refractivity (Wildman–Crippen MR) is 146 cm³/mol. The van der Waals surface area contributed by atoms with Crippen molar-refractivity contribution in [2.75, 3.05) is 0 Å². The van der Waals surface area contributed by atoms with Crippen LogP contribution in [0.25, 0.3) is 0 Å². The minimum atomic E-state index is -0.223. The number of unbranched alkanes of at least 4 members (excludes halogenated alkanes) is 15. The fourth-order valence-corrected chi connectivity index (χ4v) is 4.84. The van der Waals surface area contributed by atoms with Gasteiger partial charge >= 0.3 is 5.97 Å². The van der Waals surface area contributed by atoms with E-state index in [-0.39, 0.29) is 11.4 Å². The van der Waals surface area contributed by atoms with Gasteiger partial charge in [-0.15, -0.1) is 0 Å². The van der Waals surface area contributed by atoms with Crippen LogP contribution in [0.5, 0.6) is 11.5 Å². The molecule has 0 heterocycles. The Labute approximate surface area is 211 Å². The summed E-state index contributed by atoms with van der Waals surface area (Å²) in [4.78, 5) is 11.9. The summed E-state index contributed by atoms with van der Waals surface area (Å²) in [5.41, 5.74) is 1.71. The van der Waals surface area contributed by atoms with E-state index in [4.69, 9.17) is 4.74 Å². The molecule has 0 saturated heterocycles. The zero-order valence-electron chi connectivity index (χ0n) is 23.1. The van der Waals surface area contributed by atoms with E-state index in [0.717, 1.165) is 24.0 Å². The van der Waals surface area contributed by atoms with E-state index < -0.39 is 0 Å². The number of ether oxygens (including phenoxy) is 1. The summed E-state index contributed by atoms with van der Waals surface area (Å²) in [7, 11) is 0. The number of hydrogen-bond donors (Lipinski definition) is 1. The number of carbonyl (C=O) groups is 1. The van der Waals surface area contributed by atoms with Crippen molar-refractivity contribution in [3.63, 3.8) is 0 Å².